The van der Waals surface area contributed by atoms with Crippen molar-refractivity contribution < 1.29 is 4.42 Å². The van der Waals surface area contributed by atoms with Crippen molar-refractivity contribution >= 4 is 67.8 Å². The number of para-hydroxylation sites is 3. The zero-order valence-electron chi connectivity index (χ0n) is 31.4. The van der Waals surface area contributed by atoms with Gasteiger partial charge in [-0.15, -0.1) is 0 Å². The lowest BCUT2D eigenvalue weighted by Gasteiger charge is -2.34. The van der Waals surface area contributed by atoms with Crippen LogP contribution in [-0.2, 0) is 0 Å². The summed E-state index contributed by atoms with van der Waals surface area (Å²) in [4.78, 5) is 2.30. The van der Waals surface area contributed by atoms with Crippen LogP contribution in [0.4, 0.5) is 17.1 Å². The fourth-order valence-electron chi connectivity index (χ4n) is 8.61. The minimum atomic E-state index is -2.60. The lowest BCUT2D eigenvalue weighted by atomic mass is 10.0. The lowest BCUT2D eigenvalue weighted by Crippen LogP contribution is -2.74. The number of fused-ring (bicyclic) bond motifs is 3. The third-order valence-electron chi connectivity index (χ3n) is 11.2. The fraction of sp³-hybridized carbons (Fsp3) is 0. The summed E-state index contributed by atoms with van der Waals surface area (Å²) in [5.74, 6) is 0. The number of benzene rings is 9. The van der Waals surface area contributed by atoms with Crippen LogP contribution in [0.15, 0.2) is 241 Å². The standard InChI is InChI=1S/C54H39NOSi/c1-6-18-42(19-7-1)49-28-16-29-50-51-30-17-31-52(54(51)56-53(49)50)55(43-20-8-2-9-21-43)44-36-32-40(33-37-44)41-34-38-48(39-35-41)57(45-22-10-3-11-23-45,46-24-12-4-13-25-46)47-26-14-5-15-27-47/h1-39H. The zero-order valence-corrected chi connectivity index (χ0v) is 32.4. The predicted molar refractivity (Wildman–Crippen MR) is 243 cm³/mol. The van der Waals surface area contributed by atoms with Gasteiger partial charge in [0.05, 0.1) is 5.69 Å². The van der Waals surface area contributed by atoms with E-state index in [4.69, 9.17) is 4.42 Å². The maximum Gasteiger partial charge on any atom is 0.179 e. The van der Waals surface area contributed by atoms with Gasteiger partial charge in [-0.2, -0.15) is 0 Å². The largest absolute Gasteiger partial charge is 0.453 e. The normalized spacial score (nSPS) is 11.5. The Morgan fingerprint density at radius 1 is 0.298 bits per heavy atom. The molecule has 0 fully saturated rings. The van der Waals surface area contributed by atoms with E-state index in [1.165, 1.54) is 31.9 Å². The summed E-state index contributed by atoms with van der Waals surface area (Å²) >= 11 is 0. The smallest absolute Gasteiger partial charge is 0.179 e. The number of furan rings is 1. The van der Waals surface area contributed by atoms with Crippen LogP contribution in [0, 0.1) is 0 Å². The van der Waals surface area contributed by atoms with Gasteiger partial charge in [0, 0.05) is 27.7 Å². The van der Waals surface area contributed by atoms with Crippen LogP contribution in [0.1, 0.15) is 0 Å². The van der Waals surface area contributed by atoms with Gasteiger partial charge in [0.25, 0.3) is 0 Å². The van der Waals surface area contributed by atoms with Gasteiger partial charge in [0.2, 0.25) is 0 Å². The maximum absolute atomic E-state index is 6.88. The topological polar surface area (TPSA) is 16.4 Å². The second kappa shape index (κ2) is 14.8. The molecule has 0 aliphatic carbocycles. The Morgan fingerprint density at radius 2 is 0.719 bits per heavy atom. The molecule has 10 rings (SSSR count). The number of anilines is 3. The second-order valence-electron chi connectivity index (χ2n) is 14.4. The van der Waals surface area contributed by atoms with Crippen LogP contribution in [0.5, 0.6) is 0 Å². The zero-order chi connectivity index (χ0) is 38.0. The molecular weight excluding hydrogens is 707 g/mol. The Kier molecular flexibility index (Phi) is 8.90. The molecule has 0 spiro atoms. The van der Waals surface area contributed by atoms with Gasteiger partial charge in [-0.05, 0) is 67.8 Å². The molecule has 9 aromatic carbocycles. The minimum Gasteiger partial charge on any atom is -0.453 e. The van der Waals surface area contributed by atoms with Crippen molar-refractivity contribution in [2.75, 3.05) is 4.90 Å². The molecule has 0 N–H and O–H groups in total. The van der Waals surface area contributed by atoms with Crippen LogP contribution in [0.25, 0.3) is 44.2 Å². The van der Waals surface area contributed by atoms with Gasteiger partial charge < -0.3 is 9.32 Å². The van der Waals surface area contributed by atoms with Crippen LogP contribution < -0.4 is 25.6 Å². The molecule has 0 atom stereocenters. The molecule has 3 heteroatoms. The first kappa shape index (κ1) is 34.3. The summed E-state index contributed by atoms with van der Waals surface area (Å²) < 4.78 is 6.88. The van der Waals surface area contributed by atoms with Gasteiger partial charge in [-0.25, -0.2) is 0 Å². The van der Waals surface area contributed by atoms with Crippen LogP contribution >= 0.6 is 0 Å². The van der Waals surface area contributed by atoms with Gasteiger partial charge >= 0.3 is 0 Å². The Morgan fingerprint density at radius 3 is 1.26 bits per heavy atom. The number of nitrogens with zero attached hydrogens (tertiary/aromatic N) is 1. The van der Waals surface area contributed by atoms with Crippen molar-refractivity contribution in [2.24, 2.45) is 0 Å². The molecule has 1 heterocycles. The van der Waals surface area contributed by atoms with Gasteiger partial charge in [0.1, 0.15) is 5.58 Å². The molecule has 0 amide bonds. The van der Waals surface area contributed by atoms with Crippen LogP contribution in [-0.4, -0.2) is 8.07 Å². The third-order valence-corrected chi connectivity index (χ3v) is 16.0. The van der Waals surface area contributed by atoms with E-state index in [1.54, 1.807) is 0 Å². The summed E-state index contributed by atoms with van der Waals surface area (Å²) in [6, 6.07) is 85.5. The Bertz CT molecular complexity index is 2810. The molecule has 0 bridgehead atoms. The summed E-state index contributed by atoms with van der Waals surface area (Å²) in [6.07, 6.45) is 0. The number of hydrogen-bond acceptors (Lipinski definition) is 2. The van der Waals surface area contributed by atoms with Crippen molar-refractivity contribution in [3.63, 3.8) is 0 Å². The number of rotatable bonds is 9. The summed E-state index contributed by atoms with van der Waals surface area (Å²) in [6.45, 7) is 0. The lowest BCUT2D eigenvalue weighted by molar-refractivity contribution is 0.670. The molecule has 270 valence electrons. The van der Waals surface area contributed by atoms with Crippen LogP contribution in [0.2, 0.25) is 0 Å². The molecule has 10 aromatic rings. The first-order chi connectivity index (χ1) is 28.3. The van der Waals surface area contributed by atoms with Crippen molar-refractivity contribution in [1.29, 1.82) is 0 Å². The van der Waals surface area contributed by atoms with E-state index < -0.39 is 8.07 Å². The molecule has 57 heavy (non-hydrogen) atoms. The van der Waals surface area contributed by atoms with Crippen LogP contribution in [0.3, 0.4) is 0 Å². The SMILES string of the molecule is c1ccc(-c2cccc3c2oc2c(N(c4ccccc4)c4ccc(-c5ccc([Si](c6ccccc6)(c6ccccc6)c6ccccc6)cc5)cc4)cccc23)cc1. The predicted octanol–water partition coefficient (Wildman–Crippen LogP) is 11.8. The Hall–Kier alpha value is -7.20. The maximum atomic E-state index is 6.88. The molecule has 0 unspecified atom stereocenters. The molecular formula is C54H39NOSi. The monoisotopic (exact) mass is 745 g/mol. The Balaban J connectivity index is 1.06. The van der Waals surface area contributed by atoms with Gasteiger partial charge in [-0.3, -0.25) is 0 Å². The highest BCUT2D eigenvalue weighted by atomic mass is 28.3. The highest BCUT2D eigenvalue weighted by Gasteiger charge is 2.41. The van der Waals surface area contributed by atoms with E-state index in [2.05, 4.69) is 235 Å². The van der Waals surface area contributed by atoms with E-state index in [0.29, 0.717) is 0 Å². The molecule has 0 saturated heterocycles. The molecule has 2 nitrogen and oxygen atoms in total. The molecule has 0 saturated carbocycles. The first-order valence-electron chi connectivity index (χ1n) is 19.5. The molecule has 1 aromatic heterocycles. The van der Waals surface area contributed by atoms with E-state index in [0.717, 1.165) is 50.1 Å². The van der Waals surface area contributed by atoms with Gasteiger partial charge in [0.15, 0.2) is 13.7 Å². The summed E-state index contributed by atoms with van der Waals surface area (Å²) in [7, 11) is -2.60. The minimum absolute atomic E-state index is 0.863. The second-order valence-corrected chi connectivity index (χ2v) is 18.3. The fourth-order valence-corrected chi connectivity index (χ4v) is 13.4. The average molecular weight is 746 g/mol. The van der Waals surface area contributed by atoms with Crippen molar-refractivity contribution in [3.05, 3.63) is 237 Å². The molecule has 0 aliphatic heterocycles. The van der Waals surface area contributed by atoms with Gasteiger partial charge in [-0.1, -0.05) is 206 Å². The quantitative estimate of drug-likeness (QED) is 0.108. The van der Waals surface area contributed by atoms with E-state index >= 15 is 0 Å². The molecule has 0 aliphatic rings. The first-order valence-corrected chi connectivity index (χ1v) is 21.5. The molecule has 0 radical (unpaired) electrons. The average Bonchev–Trinajstić information content (AvgIpc) is 3.69. The van der Waals surface area contributed by atoms with E-state index in [-0.39, 0.29) is 0 Å². The highest BCUT2D eigenvalue weighted by Crippen LogP contribution is 2.44. The van der Waals surface area contributed by atoms with Crippen molar-refractivity contribution in [1.82, 2.24) is 0 Å². The van der Waals surface area contributed by atoms with Crippen molar-refractivity contribution in [2.45, 2.75) is 0 Å². The Labute approximate surface area is 334 Å². The van der Waals surface area contributed by atoms with E-state index in [9.17, 15) is 0 Å². The third kappa shape index (κ3) is 6.06. The summed E-state index contributed by atoms with van der Waals surface area (Å²) in [5.41, 5.74) is 9.46. The van der Waals surface area contributed by atoms with Crippen molar-refractivity contribution in [3.8, 4) is 22.3 Å². The highest BCUT2D eigenvalue weighted by molar-refractivity contribution is 7.19. The number of hydrogen-bond donors (Lipinski definition) is 0. The summed E-state index contributed by atoms with van der Waals surface area (Å²) in [5, 5.41) is 7.68. The van der Waals surface area contributed by atoms with E-state index in [1.807, 2.05) is 6.07 Å².